The molecule has 5 nitrogen and oxygen atoms in total. The summed E-state index contributed by atoms with van der Waals surface area (Å²) in [6.45, 7) is 3.59. The van der Waals surface area contributed by atoms with E-state index in [0.717, 1.165) is 12.3 Å². The monoisotopic (exact) mass is 272 g/mol. The zero-order valence-corrected chi connectivity index (χ0v) is 11.4. The molecule has 2 heterocycles. The molecular weight excluding hydrogens is 252 g/mol. The fourth-order valence-corrected chi connectivity index (χ4v) is 3.57. The summed E-state index contributed by atoms with van der Waals surface area (Å²) in [6, 6.07) is -0.0410. The van der Waals surface area contributed by atoms with Gasteiger partial charge in [0.25, 0.3) is 0 Å². The number of nitrogens with one attached hydrogen (secondary N) is 1. The lowest BCUT2D eigenvalue weighted by atomic mass is 9.87. The number of nitrogens with zero attached hydrogens (tertiary/aromatic N) is 1. The molecule has 2 fully saturated rings. The summed E-state index contributed by atoms with van der Waals surface area (Å²) < 4.78 is 0. The van der Waals surface area contributed by atoms with E-state index in [2.05, 4.69) is 5.32 Å². The summed E-state index contributed by atoms with van der Waals surface area (Å²) in [5, 5.41) is 11.8. The molecule has 18 heavy (non-hydrogen) atoms. The Balaban J connectivity index is 1.65. The summed E-state index contributed by atoms with van der Waals surface area (Å²) >= 11 is 1.94. The highest BCUT2D eigenvalue weighted by atomic mass is 32.2. The number of carboxylic acids is 1. The third-order valence-corrected chi connectivity index (χ3v) is 5.09. The first-order chi connectivity index (χ1) is 8.58. The van der Waals surface area contributed by atoms with Crippen LogP contribution in [-0.4, -0.2) is 53.1 Å². The highest BCUT2D eigenvalue weighted by molar-refractivity contribution is 7.99. The SMILES string of the molecule is CC(C(=O)O)C1CN(C(=O)NCC2CCSC2)C1. The van der Waals surface area contributed by atoms with E-state index in [4.69, 9.17) is 5.11 Å². The molecule has 2 aliphatic rings. The Bertz CT molecular complexity index is 325. The zero-order chi connectivity index (χ0) is 13.1. The van der Waals surface area contributed by atoms with Crippen molar-refractivity contribution in [3.8, 4) is 0 Å². The van der Waals surface area contributed by atoms with Crippen LogP contribution in [0.1, 0.15) is 13.3 Å². The summed E-state index contributed by atoms with van der Waals surface area (Å²) in [4.78, 5) is 24.3. The van der Waals surface area contributed by atoms with Gasteiger partial charge in [-0.1, -0.05) is 6.92 Å². The van der Waals surface area contributed by atoms with Gasteiger partial charge < -0.3 is 15.3 Å². The van der Waals surface area contributed by atoms with Gasteiger partial charge in [0.2, 0.25) is 0 Å². The average Bonchev–Trinajstić information content (AvgIpc) is 2.76. The fourth-order valence-electron chi connectivity index (χ4n) is 2.28. The standard InChI is InChI=1S/C12H20N2O3S/c1-8(11(15)16)10-5-14(6-10)12(17)13-4-9-2-3-18-7-9/h8-10H,2-7H2,1H3,(H,13,17)(H,15,16). The third kappa shape index (κ3) is 3.10. The molecule has 102 valence electrons. The predicted octanol–water partition coefficient (Wildman–Crippen LogP) is 1.10. The van der Waals surface area contributed by atoms with Gasteiger partial charge >= 0.3 is 12.0 Å². The van der Waals surface area contributed by atoms with Crippen LogP contribution in [-0.2, 0) is 4.79 Å². The van der Waals surface area contributed by atoms with E-state index in [0.29, 0.717) is 19.0 Å². The van der Waals surface area contributed by atoms with E-state index in [-0.39, 0.29) is 17.9 Å². The van der Waals surface area contributed by atoms with E-state index in [1.54, 1.807) is 11.8 Å². The minimum absolute atomic E-state index is 0.0410. The maximum atomic E-state index is 11.8. The summed E-state index contributed by atoms with van der Waals surface area (Å²) in [5.74, 6) is 1.91. The van der Waals surface area contributed by atoms with Crippen molar-refractivity contribution in [1.29, 1.82) is 0 Å². The fraction of sp³-hybridized carbons (Fsp3) is 0.833. The van der Waals surface area contributed by atoms with Crippen LogP contribution in [0.15, 0.2) is 0 Å². The first kappa shape index (κ1) is 13.5. The zero-order valence-electron chi connectivity index (χ0n) is 10.6. The number of carboxylic acid groups (broad SMARTS) is 1. The summed E-state index contributed by atoms with van der Waals surface area (Å²) in [5.41, 5.74) is 0. The smallest absolute Gasteiger partial charge is 0.317 e. The van der Waals surface area contributed by atoms with Gasteiger partial charge in [-0.25, -0.2) is 4.79 Å². The van der Waals surface area contributed by atoms with Crippen molar-refractivity contribution in [3.63, 3.8) is 0 Å². The maximum absolute atomic E-state index is 11.8. The Kier molecular flexibility index (Phi) is 4.37. The number of likely N-dealkylation sites (tertiary alicyclic amines) is 1. The minimum Gasteiger partial charge on any atom is -0.481 e. The van der Waals surface area contributed by atoms with Gasteiger partial charge in [-0.2, -0.15) is 11.8 Å². The molecule has 0 aromatic rings. The maximum Gasteiger partial charge on any atom is 0.317 e. The van der Waals surface area contributed by atoms with Gasteiger partial charge in [0.15, 0.2) is 0 Å². The second kappa shape index (κ2) is 5.82. The van der Waals surface area contributed by atoms with Crippen molar-refractivity contribution in [3.05, 3.63) is 0 Å². The second-order valence-electron chi connectivity index (χ2n) is 5.21. The molecule has 0 aromatic heterocycles. The number of rotatable bonds is 4. The Morgan fingerprint density at radius 3 is 2.78 bits per heavy atom. The second-order valence-corrected chi connectivity index (χ2v) is 6.36. The van der Waals surface area contributed by atoms with Gasteiger partial charge in [-0.3, -0.25) is 4.79 Å². The van der Waals surface area contributed by atoms with E-state index >= 15 is 0 Å². The van der Waals surface area contributed by atoms with Gasteiger partial charge in [-0.15, -0.1) is 0 Å². The molecule has 0 radical (unpaired) electrons. The Morgan fingerprint density at radius 1 is 1.50 bits per heavy atom. The lowest BCUT2D eigenvalue weighted by molar-refractivity contribution is -0.144. The van der Waals surface area contributed by atoms with Crippen LogP contribution in [0.5, 0.6) is 0 Å². The van der Waals surface area contributed by atoms with Crippen molar-refractivity contribution in [2.45, 2.75) is 13.3 Å². The first-order valence-corrected chi connectivity index (χ1v) is 7.56. The molecule has 6 heteroatoms. The number of hydrogen-bond acceptors (Lipinski definition) is 3. The molecule has 2 saturated heterocycles. The van der Waals surface area contributed by atoms with Crippen molar-refractivity contribution < 1.29 is 14.7 Å². The lowest BCUT2D eigenvalue weighted by Gasteiger charge is -2.41. The van der Waals surface area contributed by atoms with Crippen molar-refractivity contribution in [2.24, 2.45) is 17.8 Å². The topological polar surface area (TPSA) is 69.6 Å². The van der Waals surface area contributed by atoms with E-state index < -0.39 is 5.97 Å². The molecule has 0 aromatic carbocycles. The van der Waals surface area contributed by atoms with Crippen molar-refractivity contribution >= 4 is 23.8 Å². The molecule has 0 bridgehead atoms. The van der Waals surface area contributed by atoms with Crippen LogP contribution < -0.4 is 5.32 Å². The molecule has 2 N–H and O–H groups in total. The molecule has 2 rings (SSSR count). The molecule has 0 saturated carbocycles. The number of thioether (sulfide) groups is 1. The van der Waals surface area contributed by atoms with Crippen molar-refractivity contribution in [2.75, 3.05) is 31.1 Å². The van der Waals surface area contributed by atoms with Gasteiger partial charge in [-0.05, 0) is 23.8 Å². The number of hydrogen-bond donors (Lipinski definition) is 2. The van der Waals surface area contributed by atoms with E-state index in [1.807, 2.05) is 11.8 Å². The lowest BCUT2D eigenvalue weighted by Crippen LogP contribution is -2.56. The number of amides is 2. The molecule has 2 amide bonds. The molecule has 2 unspecified atom stereocenters. The molecular formula is C12H20N2O3S. The minimum atomic E-state index is -0.775. The molecule has 0 aliphatic carbocycles. The van der Waals surface area contributed by atoms with Gasteiger partial charge in [0, 0.05) is 25.6 Å². The quantitative estimate of drug-likeness (QED) is 0.804. The number of aliphatic carboxylic acids is 1. The first-order valence-electron chi connectivity index (χ1n) is 6.41. The molecule has 2 atom stereocenters. The predicted molar refractivity (Wildman–Crippen MR) is 70.7 cm³/mol. The number of carbonyl (C=O) groups is 2. The van der Waals surface area contributed by atoms with Gasteiger partial charge in [0.1, 0.15) is 0 Å². The van der Waals surface area contributed by atoms with Crippen LogP contribution >= 0.6 is 11.8 Å². The largest absolute Gasteiger partial charge is 0.481 e. The summed E-state index contributed by atoms with van der Waals surface area (Å²) in [7, 11) is 0. The number of urea groups is 1. The van der Waals surface area contributed by atoms with E-state index in [1.165, 1.54) is 12.2 Å². The Labute approximate surface area is 111 Å². The van der Waals surface area contributed by atoms with Crippen LogP contribution in [0.2, 0.25) is 0 Å². The Morgan fingerprint density at radius 2 is 2.22 bits per heavy atom. The average molecular weight is 272 g/mol. The van der Waals surface area contributed by atoms with Gasteiger partial charge in [0.05, 0.1) is 5.92 Å². The van der Waals surface area contributed by atoms with Crippen LogP contribution in [0.25, 0.3) is 0 Å². The highest BCUT2D eigenvalue weighted by Gasteiger charge is 2.37. The van der Waals surface area contributed by atoms with Crippen LogP contribution in [0.4, 0.5) is 4.79 Å². The molecule has 0 spiro atoms. The van der Waals surface area contributed by atoms with E-state index in [9.17, 15) is 9.59 Å². The van der Waals surface area contributed by atoms with Crippen LogP contribution in [0.3, 0.4) is 0 Å². The third-order valence-electron chi connectivity index (χ3n) is 3.86. The summed E-state index contributed by atoms with van der Waals surface area (Å²) in [6.07, 6.45) is 1.18. The normalized spacial score (nSPS) is 25.6. The molecule has 2 aliphatic heterocycles. The number of carbonyl (C=O) groups excluding carboxylic acids is 1. The van der Waals surface area contributed by atoms with Crippen LogP contribution in [0, 0.1) is 17.8 Å². The van der Waals surface area contributed by atoms with Crippen molar-refractivity contribution in [1.82, 2.24) is 10.2 Å². The Hall–Kier alpha value is -0.910. The highest BCUT2D eigenvalue weighted by Crippen LogP contribution is 2.25.